The molecule has 0 unspecified atom stereocenters. The van der Waals surface area contributed by atoms with Crippen molar-refractivity contribution >= 4 is 16.9 Å². The number of nitrogens with zero attached hydrogens (tertiary/aromatic N) is 1. The Kier molecular flexibility index (Phi) is 4.27. The first-order valence-corrected chi connectivity index (χ1v) is 9.03. The molecule has 0 saturated heterocycles. The van der Waals surface area contributed by atoms with E-state index in [0.29, 0.717) is 19.0 Å². The second-order valence-electron chi connectivity index (χ2n) is 7.20. The number of fused-ring (bicyclic) bond motifs is 1. The van der Waals surface area contributed by atoms with Crippen LogP contribution in [0.1, 0.15) is 35.1 Å². The van der Waals surface area contributed by atoms with Gasteiger partial charge in [0.1, 0.15) is 11.4 Å². The zero-order valence-corrected chi connectivity index (χ0v) is 15.1. The van der Waals surface area contributed by atoms with Gasteiger partial charge in [-0.05, 0) is 55.5 Å². The van der Waals surface area contributed by atoms with Gasteiger partial charge < -0.3 is 9.32 Å². The maximum atomic E-state index is 13.1. The summed E-state index contributed by atoms with van der Waals surface area (Å²) in [6.07, 6.45) is 4.11. The Labute approximate surface area is 152 Å². The highest BCUT2D eigenvalue weighted by Gasteiger charge is 2.32. The molecule has 3 aromatic rings. The Hall–Kier alpha value is -2.62. The van der Waals surface area contributed by atoms with Crippen molar-refractivity contribution in [1.82, 2.24) is 4.90 Å². The summed E-state index contributed by atoms with van der Waals surface area (Å²) in [5.74, 6) is -0.161. The van der Waals surface area contributed by atoms with Gasteiger partial charge >= 0.3 is 0 Å². The molecular formula is C22H22FNO2. The highest BCUT2D eigenvalue weighted by atomic mass is 19.1. The van der Waals surface area contributed by atoms with Crippen molar-refractivity contribution in [3.05, 3.63) is 70.7 Å². The summed E-state index contributed by atoms with van der Waals surface area (Å²) in [7, 11) is 0. The van der Waals surface area contributed by atoms with Crippen LogP contribution >= 0.6 is 0 Å². The number of furan rings is 1. The van der Waals surface area contributed by atoms with E-state index in [1.165, 1.54) is 17.7 Å². The third kappa shape index (κ3) is 3.24. The van der Waals surface area contributed by atoms with Crippen LogP contribution < -0.4 is 0 Å². The van der Waals surface area contributed by atoms with Gasteiger partial charge in [0.25, 0.3) is 0 Å². The number of aryl methyl sites for hydroxylation is 2. The molecule has 1 amide bonds. The predicted octanol–water partition coefficient (Wildman–Crippen LogP) is 4.92. The van der Waals surface area contributed by atoms with Crippen LogP contribution in [0.5, 0.6) is 0 Å². The largest absolute Gasteiger partial charge is 0.464 e. The number of halogens is 1. The summed E-state index contributed by atoms with van der Waals surface area (Å²) in [4.78, 5) is 14.9. The van der Waals surface area contributed by atoms with E-state index in [4.69, 9.17) is 4.42 Å². The number of hydrogen-bond donors (Lipinski definition) is 0. The lowest BCUT2D eigenvalue weighted by Crippen LogP contribution is -2.33. The van der Waals surface area contributed by atoms with Gasteiger partial charge in [-0.2, -0.15) is 0 Å². The topological polar surface area (TPSA) is 33.5 Å². The second-order valence-corrected chi connectivity index (χ2v) is 7.20. The third-order valence-electron chi connectivity index (χ3n) is 5.26. The van der Waals surface area contributed by atoms with Crippen LogP contribution in [0.15, 0.2) is 47.1 Å². The molecule has 1 fully saturated rings. The van der Waals surface area contributed by atoms with E-state index < -0.39 is 0 Å². The van der Waals surface area contributed by atoms with Gasteiger partial charge in [0.2, 0.25) is 5.91 Å². The van der Waals surface area contributed by atoms with Crippen molar-refractivity contribution < 1.29 is 13.6 Å². The number of rotatable bonds is 5. The molecule has 1 aromatic heterocycles. The zero-order chi connectivity index (χ0) is 18.3. The molecule has 4 heteroatoms. The zero-order valence-electron chi connectivity index (χ0n) is 15.1. The molecule has 0 spiro atoms. The molecule has 4 rings (SSSR count). The summed E-state index contributed by atoms with van der Waals surface area (Å²) < 4.78 is 18.9. The smallest absolute Gasteiger partial charge is 0.227 e. The maximum Gasteiger partial charge on any atom is 0.227 e. The number of benzene rings is 2. The SMILES string of the molecule is Cc1ccc2c(CC(=O)N(Cc3ccc(F)cc3)C3CC3)coc2c1C. The Bertz CT molecular complexity index is 954. The molecular weight excluding hydrogens is 329 g/mol. The summed E-state index contributed by atoms with van der Waals surface area (Å²) in [5.41, 5.74) is 5.05. The number of hydrogen-bond acceptors (Lipinski definition) is 2. The molecule has 2 aromatic carbocycles. The fraction of sp³-hybridized carbons (Fsp3) is 0.318. The van der Waals surface area contributed by atoms with Gasteiger partial charge in [-0.3, -0.25) is 4.79 Å². The van der Waals surface area contributed by atoms with E-state index in [-0.39, 0.29) is 11.7 Å². The molecule has 1 heterocycles. The minimum atomic E-state index is -0.256. The Balaban J connectivity index is 1.55. The summed E-state index contributed by atoms with van der Waals surface area (Å²) in [5, 5.41) is 1.01. The van der Waals surface area contributed by atoms with Crippen molar-refractivity contribution in [2.24, 2.45) is 0 Å². The van der Waals surface area contributed by atoms with E-state index in [1.54, 1.807) is 18.4 Å². The van der Waals surface area contributed by atoms with Crippen molar-refractivity contribution in [3.8, 4) is 0 Å². The van der Waals surface area contributed by atoms with Crippen LogP contribution in [-0.4, -0.2) is 16.8 Å². The summed E-state index contributed by atoms with van der Waals surface area (Å²) >= 11 is 0. The number of carbonyl (C=O) groups excluding carboxylic acids is 1. The van der Waals surface area contributed by atoms with Gasteiger partial charge in [0.05, 0.1) is 12.7 Å². The Morgan fingerprint density at radius 3 is 2.58 bits per heavy atom. The fourth-order valence-corrected chi connectivity index (χ4v) is 3.38. The van der Waals surface area contributed by atoms with Gasteiger partial charge in [-0.1, -0.05) is 24.3 Å². The average molecular weight is 351 g/mol. The first-order chi connectivity index (χ1) is 12.5. The summed E-state index contributed by atoms with van der Waals surface area (Å²) in [6, 6.07) is 10.8. The van der Waals surface area contributed by atoms with Gasteiger partial charge in [0, 0.05) is 23.5 Å². The van der Waals surface area contributed by atoms with E-state index in [1.807, 2.05) is 17.9 Å². The van der Waals surface area contributed by atoms with Crippen LogP contribution in [0.2, 0.25) is 0 Å². The van der Waals surface area contributed by atoms with Crippen LogP contribution in [0, 0.1) is 19.7 Å². The van der Waals surface area contributed by atoms with Crippen molar-refractivity contribution in [1.29, 1.82) is 0 Å². The lowest BCUT2D eigenvalue weighted by atomic mass is 10.0. The standard InChI is InChI=1S/C22H22FNO2/c1-14-3-10-20-17(13-26-22(20)15(14)2)11-21(25)24(19-8-9-19)12-16-4-6-18(23)7-5-16/h3-7,10,13,19H,8-9,11-12H2,1-2H3. The van der Waals surface area contributed by atoms with Crippen LogP contribution in [-0.2, 0) is 17.8 Å². The van der Waals surface area contributed by atoms with Gasteiger partial charge in [-0.15, -0.1) is 0 Å². The third-order valence-corrected chi connectivity index (χ3v) is 5.26. The molecule has 0 bridgehead atoms. The molecule has 0 aliphatic heterocycles. The molecule has 1 aliphatic rings. The lowest BCUT2D eigenvalue weighted by molar-refractivity contribution is -0.131. The first-order valence-electron chi connectivity index (χ1n) is 9.03. The molecule has 1 aliphatic carbocycles. The van der Waals surface area contributed by atoms with Crippen LogP contribution in [0.4, 0.5) is 4.39 Å². The highest BCUT2D eigenvalue weighted by Crippen LogP contribution is 2.31. The normalized spacial score (nSPS) is 14.0. The minimum absolute atomic E-state index is 0.0951. The quantitative estimate of drug-likeness (QED) is 0.653. The molecule has 0 radical (unpaired) electrons. The second kappa shape index (κ2) is 6.60. The molecule has 0 atom stereocenters. The molecule has 1 saturated carbocycles. The maximum absolute atomic E-state index is 13.1. The highest BCUT2D eigenvalue weighted by molar-refractivity contribution is 5.89. The lowest BCUT2D eigenvalue weighted by Gasteiger charge is -2.22. The molecule has 26 heavy (non-hydrogen) atoms. The van der Waals surface area contributed by atoms with E-state index in [0.717, 1.165) is 40.5 Å². The van der Waals surface area contributed by atoms with E-state index in [9.17, 15) is 9.18 Å². The Morgan fingerprint density at radius 1 is 1.15 bits per heavy atom. The summed E-state index contributed by atoms with van der Waals surface area (Å²) in [6.45, 7) is 4.62. The van der Waals surface area contributed by atoms with Crippen molar-refractivity contribution in [2.45, 2.75) is 45.7 Å². The average Bonchev–Trinajstić information content (AvgIpc) is 3.39. The fourth-order valence-electron chi connectivity index (χ4n) is 3.38. The minimum Gasteiger partial charge on any atom is -0.464 e. The van der Waals surface area contributed by atoms with E-state index >= 15 is 0 Å². The van der Waals surface area contributed by atoms with Crippen molar-refractivity contribution in [2.75, 3.05) is 0 Å². The molecule has 3 nitrogen and oxygen atoms in total. The monoisotopic (exact) mass is 351 g/mol. The van der Waals surface area contributed by atoms with Gasteiger partial charge in [-0.25, -0.2) is 4.39 Å². The first kappa shape index (κ1) is 16.8. The molecule has 0 N–H and O–H groups in total. The van der Waals surface area contributed by atoms with Gasteiger partial charge in [0.15, 0.2) is 0 Å². The van der Waals surface area contributed by atoms with Crippen LogP contribution in [0.25, 0.3) is 11.0 Å². The number of amides is 1. The number of carbonyl (C=O) groups is 1. The Morgan fingerprint density at radius 2 is 1.88 bits per heavy atom. The van der Waals surface area contributed by atoms with Crippen molar-refractivity contribution in [3.63, 3.8) is 0 Å². The van der Waals surface area contributed by atoms with E-state index in [2.05, 4.69) is 13.0 Å². The molecule has 134 valence electrons. The van der Waals surface area contributed by atoms with Crippen LogP contribution in [0.3, 0.4) is 0 Å². The predicted molar refractivity (Wildman–Crippen MR) is 99.4 cm³/mol.